The first kappa shape index (κ1) is 21.7. The first-order valence-corrected chi connectivity index (χ1v) is 12.1. The third-order valence-corrected chi connectivity index (χ3v) is 7.85. The molecule has 0 unspecified atom stereocenters. The number of nitrogens with one attached hydrogen (secondary N) is 1. The minimum Gasteiger partial charge on any atom is -0.326 e. The second-order valence-electron chi connectivity index (χ2n) is 7.03. The lowest BCUT2D eigenvalue weighted by molar-refractivity contribution is -0.115. The molecule has 1 aliphatic rings. The Morgan fingerprint density at radius 1 is 1.21 bits per heavy atom. The fourth-order valence-corrected chi connectivity index (χ4v) is 5.73. The van der Waals surface area contributed by atoms with Crippen LogP contribution in [0.5, 0.6) is 0 Å². The van der Waals surface area contributed by atoms with Crippen molar-refractivity contribution in [1.29, 1.82) is 0 Å². The van der Waals surface area contributed by atoms with Crippen LogP contribution in [0.25, 0.3) is 0 Å². The van der Waals surface area contributed by atoms with Gasteiger partial charge in [0, 0.05) is 38.0 Å². The molecule has 0 aliphatic carbocycles. The topological polar surface area (TPSA) is 110 Å². The van der Waals surface area contributed by atoms with Gasteiger partial charge in [0.15, 0.2) is 0 Å². The van der Waals surface area contributed by atoms with Crippen LogP contribution >= 0.6 is 11.8 Å². The van der Waals surface area contributed by atoms with Crippen LogP contribution in [0.3, 0.4) is 0 Å². The van der Waals surface area contributed by atoms with Crippen molar-refractivity contribution in [2.45, 2.75) is 49.1 Å². The largest absolute Gasteiger partial charge is 0.326 e. The van der Waals surface area contributed by atoms with E-state index in [0.717, 1.165) is 25.7 Å². The van der Waals surface area contributed by atoms with E-state index < -0.39 is 10.0 Å². The molecule has 1 N–H and O–H groups in total. The van der Waals surface area contributed by atoms with Gasteiger partial charge in [-0.1, -0.05) is 30.7 Å². The standard InChI is InChI=1S/C18H26N6O3S2/c1-14-7-8-15(19-17(25)9-12-28-18-20-21-22-23(18)2)13-16(14)29(26,27)24-10-5-3-4-6-11-24/h7-8,13H,3-6,9-12H2,1-2H3,(H,19,25). The Kier molecular flexibility index (Phi) is 7.25. The number of nitrogens with zero attached hydrogens (tertiary/aromatic N) is 5. The molecule has 11 heteroatoms. The second-order valence-corrected chi connectivity index (χ2v) is 10.00. The molecule has 1 fully saturated rings. The predicted molar refractivity (Wildman–Crippen MR) is 111 cm³/mol. The molecular formula is C18H26N6O3S2. The highest BCUT2D eigenvalue weighted by Gasteiger charge is 2.27. The number of thioether (sulfide) groups is 1. The number of hydrogen-bond donors (Lipinski definition) is 1. The summed E-state index contributed by atoms with van der Waals surface area (Å²) in [6, 6.07) is 5.03. The van der Waals surface area contributed by atoms with Gasteiger partial charge in [0.2, 0.25) is 21.1 Å². The maximum absolute atomic E-state index is 13.1. The van der Waals surface area contributed by atoms with Gasteiger partial charge >= 0.3 is 0 Å². The van der Waals surface area contributed by atoms with Gasteiger partial charge < -0.3 is 5.32 Å². The van der Waals surface area contributed by atoms with Crippen LogP contribution < -0.4 is 5.32 Å². The number of hydrogen-bond acceptors (Lipinski definition) is 7. The summed E-state index contributed by atoms with van der Waals surface area (Å²) in [5.74, 6) is 0.333. The van der Waals surface area contributed by atoms with Gasteiger partial charge in [-0.3, -0.25) is 4.79 Å². The van der Waals surface area contributed by atoms with Gasteiger partial charge in [-0.05, 0) is 47.9 Å². The number of aryl methyl sites for hydroxylation is 2. The van der Waals surface area contributed by atoms with Crippen molar-refractivity contribution in [3.8, 4) is 0 Å². The molecule has 158 valence electrons. The summed E-state index contributed by atoms with van der Waals surface area (Å²) < 4.78 is 29.4. The molecule has 0 atom stereocenters. The van der Waals surface area contributed by atoms with Crippen molar-refractivity contribution in [2.75, 3.05) is 24.2 Å². The van der Waals surface area contributed by atoms with E-state index in [4.69, 9.17) is 0 Å². The maximum atomic E-state index is 13.1. The number of sulfonamides is 1. The summed E-state index contributed by atoms with van der Waals surface area (Å²) in [5, 5.41) is 14.6. The molecule has 1 aromatic carbocycles. The number of carbonyl (C=O) groups is 1. The average molecular weight is 439 g/mol. The lowest BCUT2D eigenvalue weighted by atomic mass is 10.2. The van der Waals surface area contributed by atoms with Gasteiger partial charge in [0.1, 0.15) is 0 Å². The van der Waals surface area contributed by atoms with Gasteiger partial charge in [0.05, 0.1) is 4.90 Å². The monoisotopic (exact) mass is 438 g/mol. The van der Waals surface area contributed by atoms with E-state index in [-0.39, 0.29) is 17.2 Å². The molecule has 2 heterocycles. The highest BCUT2D eigenvalue weighted by molar-refractivity contribution is 7.99. The second kappa shape index (κ2) is 9.68. The fourth-order valence-electron chi connectivity index (χ4n) is 3.18. The van der Waals surface area contributed by atoms with Crippen LogP contribution in [-0.4, -0.2) is 57.7 Å². The molecule has 2 aromatic rings. The van der Waals surface area contributed by atoms with Crippen molar-refractivity contribution in [1.82, 2.24) is 24.5 Å². The van der Waals surface area contributed by atoms with Gasteiger partial charge in [0.25, 0.3) is 0 Å². The summed E-state index contributed by atoms with van der Waals surface area (Å²) in [5.41, 5.74) is 1.16. The van der Waals surface area contributed by atoms with Crippen LogP contribution in [0, 0.1) is 6.92 Å². The van der Waals surface area contributed by atoms with Crippen LogP contribution in [0.2, 0.25) is 0 Å². The van der Waals surface area contributed by atoms with E-state index in [1.165, 1.54) is 11.8 Å². The van der Waals surface area contributed by atoms with E-state index >= 15 is 0 Å². The molecule has 0 saturated carbocycles. The smallest absolute Gasteiger partial charge is 0.243 e. The summed E-state index contributed by atoms with van der Waals surface area (Å²) >= 11 is 1.39. The number of rotatable bonds is 7. The molecular weight excluding hydrogens is 412 g/mol. The van der Waals surface area contributed by atoms with Crippen LogP contribution in [-0.2, 0) is 21.9 Å². The van der Waals surface area contributed by atoms with E-state index in [2.05, 4.69) is 20.8 Å². The van der Waals surface area contributed by atoms with Crippen molar-refractivity contribution in [2.24, 2.45) is 7.05 Å². The Labute approximate surface area is 175 Å². The van der Waals surface area contributed by atoms with Gasteiger partial charge in [-0.2, -0.15) is 4.31 Å². The van der Waals surface area contributed by atoms with Crippen molar-refractivity contribution in [3.05, 3.63) is 23.8 Å². The lowest BCUT2D eigenvalue weighted by Gasteiger charge is -2.21. The van der Waals surface area contributed by atoms with Crippen LogP contribution in [0.15, 0.2) is 28.3 Å². The summed E-state index contributed by atoms with van der Waals surface area (Å²) in [4.78, 5) is 12.5. The summed E-state index contributed by atoms with van der Waals surface area (Å²) in [7, 11) is -1.84. The predicted octanol–water partition coefficient (Wildman–Crippen LogP) is 2.20. The summed E-state index contributed by atoms with van der Waals surface area (Å²) in [6.07, 6.45) is 4.15. The fraction of sp³-hybridized carbons (Fsp3) is 0.556. The molecule has 1 saturated heterocycles. The normalized spacial score (nSPS) is 15.8. The first-order valence-electron chi connectivity index (χ1n) is 9.64. The van der Waals surface area contributed by atoms with E-state index in [0.29, 0.717) is 35.2 Å². The maximum Gasteiger partial charge on any atom is 0.243 e. The molecule has 1 aromatic heterocycles. The number of benzene rings is 1. The average Bonchev–Trinajstić information content (AvgIpc) is 2.92. The Hall–Kier alpha value is -1.98. The Morgan fingerprint density at radius 2 is 1.93 bits per heavy atom. The Balaban J connectivity index is 1.65. The highest BCUT2D eigenvalue weighted by atomic mass is 32.2. The molecule has 0 spiro atoms. The van der Waals surface area contributed by atoms with Crippen LogP contribution in [0.1, 0.15) is 37.7 Å². The zero-order valence-electron chi connectivity index (χ0n) is 16.7. The van der Waals surface area contributed by atoms with Crippen molar-refractivity contribution in [3.63, 3.8) is 0 Å². The highest BCUT2D eigenvalue weighted by Crippen LogP contribution is 2.26. The summed E-state index contributed by atoms with van der Waals surface area (Å²) in [6.45, 7) is 2.88. The third-order valence-electron chi connectivity index (χ3n) is 4.80. The first-order chi connectivity index (χ1) is 13.9. The molecule has 9 nitrogen and oxygen atoms in total. The zero-order chi connectivity index (χ0) is 20.9. The lowest BCUT2D eigenvalue weighted by Crippen LogP contribution is -2.32. The Morgan fingerprint density at radius 3 is 2.59 bits per heavy atom. The van der Waals surface area contributed by atoms with E-state index in [9.17, 15) is 13.2 Å². The zero-order valence-corrected chi connectivity index (χ0v) is 18.3. The SMILES string of the molecule is Cc1ccc(NC(=O)CCSc2nnnn2C)cc1S(=O)(=O)N1CCCCCC1. The Bertz CT molecular complexity index is 952. The number of amides is 1. The minimum atomic E-state index is -3.57. The number of carbonyl (C=O) groups excluding carboxylic acids is 1. The van der Waals surface area contributed by atoms with E-state index in [1.807, 2.05) is 0 Å². The molecule has 29 heavy (non-hydrogen) atoms. The molecule has 3 rings (SSSR count). The van der Waals surface area contributed by atoms with Crippen molar-refractivity contribution < 1.29 is 13.2 Å². The van der Waals surface area contributed by atoms with Crippen molar-refractivity contribution >= 4 is 33.4 Å². The van der Waals surface area contributed by atoms with Gasteiger partial charge in [-0.15, -0.1) is 5.10 Å². The van der Waals surface area contributed by atoms with Gasteiger partial charge in [-0.25, -0.2) is 13.1 Å². The molecule has 0 bridgehead atoms. The minimum absolute atomic E-state index is 0.186. The molecule has 1 aliphatic heterocycles. The quantitative estimate of drug-likeness (QED) is 0.660. The number of aromatic nitrogens is 4. The van der Waals surface area contributed by atoms with E-state index in [1.54, 1.807) is 41.2 Å². The number of anilines is 1. The molecule has 1 amide bonds. The third kappa shape index (κ3) is 5.55. The molecule has 0 radical (unpaired) electrons. The van der Waals surface area contributed by atoms with Crippen LogP contribution in [0.4, 0.5) is 5.69 Å². The number of tetrazole rings is 1.